The van der Waals surface area contributed by atoms with E-state index in [1.165, 1.54) is 16.8 Å². The molecule has 0 radical (unpaired) electrons. The highest BCUT2D eigenvalue weighted by molar-refractivity contribution is 7.49. The van der Waals surface area contributed by atoms with Gasteiger partial charge < -0.3 is 23.8 Å². The van der Waals surface area contributed by atoms with Crippen molar-refractivity contribution in [1.82, 2.24) is 9.55 Å². The van der Waals surface area contributed by atoms with Crippen molar-refractivity contribution in [2.75, 3.05) is 19.8 Å². The van der Waals surface area contributed by atoms with Crippen molar-refractivity contribution >= 4 is 13.8 Å². The standard InChI is InChI=1S/C22H29N2O9P.C3H6O2.FH/c1-3-18(21-28-11-12-29-21)33-34(27,32-16-7-5-4-6-8-16)30-14-17-13-15(2)20(31-17)24-10-9-19(25)23-22(24)26;1-2-3(4)5;/h4-10,15,17-18,20-21H,3,11-14H2,1-2H3,(H,23,25,26);2H2,1H3,(H,4,5);1H/t15-,17-,18+,20+,34?;;/m0../s1. The van der Waals surface area contributed by atoms with Gasteiger partial charge in [-0.1, -0.05) is 39.0 Å². The molecule has 0 saturated carbocycles. The Kier molecular flexibility index (Phi) is 13.2. The number of phosphoric ester groups is 1. The van der Waals surface area contributed by atoms with E-state index >= 15 is 0 Å². The van der Waals surface area contributed by atoms with E-state index in [-0.39, 0.29) is 23.7 Å². The molecule has 0 amide bonds. The van der Waals surface area contributed by atoms with E-state index in [9.17, 15) is 18.9 Å². The molecule has 224 valence electrons. The van der Waals surface area contributed by atoms with E-state index in [1.807, 2.05) is 13.8 Å². The SMILES string of the molecule is CCC(=O)O.CC[C@@H](OP(=O)(OC[C@@H]1C[C@H](C)[C@H](n2ccc(=O)[nH]c2=O)O1)Oc1ccccc1)C1OCCO1.F. The third kappa shape index (κ3) is 9.65. The maximum atomic E-state index is 13.7. The van der Waals surface area contributed by atoms with Crippen molar-refractivity contribution in [2.24, 2.45) is 5.92 Å². The number of aromatic nitrogens is 2. The number of carboxylic acids is 1. The van der Waals surface area contributed by atoms with E-state index in [2.05, 4.69) is 4.98 Å². The fraction of sp³-hybridized carbons (Fsp3) is 0.560. The van der Waals surface area contributed by atoms with Gasteiger partial charge >= 0.3 is 19.5 Å². The molecule has 0 spiro atoms. The Balaban J connectivity index is 0.000000858. The molecule has 1 aromatic carbocycles. The molecule has 0 aliphatic carbocycles. The Morgan fingerprint density at radius 3 is 2.40 bits per heavy atom. The molecule has 2 aliphatic rings. The monoisotopic (exact) mass is 590 g/mol. The normalized spacial score (nSPS) is 22.8. The lowest BCUT2D eigenvalue weighted by atomic mass is 10.1. The highest BCUT2D eigenvalue weighted by Crippen LogP contribution is 2.52. The third-order valence-corrected chi connectivity index (χ3v) is 7.31. The van der Waals surface area contributed by atoms with E-state index in [4.69, 9.17) is 32.9 Å². The van der Waals surface area contributed by atoms with Gasteiger partial charge in [-0.15, -0.1) is 0 Å². The Hall–Kier alpha value is -2.87. The Labute approximate surface area is 230 Å². The fourth-order valence-electron chi connectivity index (χ4n) is 3.93. The number of ether oxygens (including phenoxy) is 3. The molecule has 15 heteroatoms. The molecule has 2 fully saturated rings. The largest absolute Gasteiger partial charge is 0.530 e. The minimum Gasteiger partial charge on any atom is -0.481 e. The number of nitrogens with zero attached hydrogens (tertiary/aromatic N) is 1. The summed E-state index contributed by atoms with van der Waals surface area (Å²) in [7, 11) is -4.10. The molecule has 40 heavy (non-hydrogen) atoms. The van der Waals surface area contributed by atoms with Crippen LogP contribution in [0.1, 0.15) is 46.3 Å². The second-order valence-electron chi connectivity index (χ2n) is 8.94. The minimum atomic E-state index is -4.10. The van der Waals surface area contributed by atoms with Crippen LogP contribution >= 0.6 is 7.82 Å². The predicted octanol–water partition coefficient (Wildman–Crippen LogP) is 3.47. The lowest BCUT2D eigenvalue weighted by molar-refractivity contribution is -0.136. The summed E-state index contributed by atoms with van der Waals surface area (Å²) in [5.74, 6) is -0.478. The first kappa shape index (κ1) is 33.3. The van der Waals surface area contributed by atoms with Gasteiger partial charge in [-0.25, -0.2) is 9.36 Å². The van der Waals surface area contributed by atoms with Crippen molar-refractivity contribution < 1.29 is 47.0 Å². The van der Waals surface area contributed by atoms with Crippen LogP contribution in [0.4, 0.5) is 4.70 Å². The van der Waals surface area contributed by atoms with Gasteiger partial charge in [0.2, 0.25) is 0 Å². The molecule has 2 N–H and O–H groups in total. The molecule has 13 nitrogen and oxygen atoms in total. The van der Waals surface area contributed by atoms with Crippen molar-refractivity contribution in [3.63, 3.8) is 0 Å². The molecule has 4 rings (SSSR count). The number of hydrogen-bond donors (Lipinski definition) is 2. The summed E-state index contributed by atoms with van der Waals surface area (Å²) in [6, 6.07) is 9.85. The lowest BCUT2D eigenvalue weighted by Gasteiger charge is -2.26. The predicted molar refractivity (Wildman–Crippen MR) is 141 cm³/mol. The third-order valence-electron chi connectivity index (χ3n) is 5.88. The van der Waals surface area contributed by atoms with Gasteiger partial charge in [0.05, 0.1) is 25.9 Å². The average Bonchev–Trinajstić information content (AvgIpc) is 3.57. The van der Waals surface area contributed by atoms with E-state index < -0.39 is 49.8 Å². The highest BCUT2D eigenvalue weighted by atomic mass is 31.2. The van der Waals surface area contributed by atoms with E-state index in [0.717, 1.165) is 0 Å². The Morgan fingerprint density at radius 2 is 1.82 bits per heavy atom. The molecule has 3 heterocycles. The van der Waals surface area contributed by atoms with Crippen LogP contribution < -0.4 is 15.8 Å². The molecule has 2 aliphatic heterocycles. The minimum absolute atomic E-state index is 0. The second kappa shape index (κ2) is 15.8. The van der Waals surface area contributed by atoms with Crippen LogP contribution in [0.5, 0.6) is 5.75 Å². The summed E-state index contributed by atoms with van der Waals surface area (Å²) in [4.78, 5) is 35.1. The van der Waals surface area contributed by atoms with Crippen LogP contribution in [0.2, 0.25) is 0 Å². The molecule has 2 aromatic rings. The second-order valence-corrected chi connectivity index (χ2v) is 10.5. The summed E-state index contributed by atoms with van der Waals surface area (Å²) in [5.41, 5.74) is -1.04. The van der Waals surface area contributed by atoms with Gasteiger partial charge in [-0.2, -0.15) is 0 Å². The summed E-state index contributed by atoms with van der Waals surface area (Å²) >= 11 is 0. The number of para-hydroxylation sites is 1. The number of H-pyrrole nitrogens is 1. The van der Waals surface area contributed by atoms with E-state index in [0.29, 0.717) is 31.8 Å². The Morgan fingerprint density at radius 1 is 1.18 bits per heavy atom. The smallest absolute Gasteiger partial charge is 0.481 e. The van der Waals surface area contributed by atoms with Crippen LogP contribution in [0, 0.1) is 5.92 Å². The average molecular weight is 591 g/mol. The quantitative estimate of drug-likeness (QED) is 0.368. The lowest BCUT2D eigenvalue weighted by Crippen LogP contribution is -2.33. The number of halogens is 1. The molecule has 5 atom stereocenters. The molecular weight excluding hydrogens is 554 g/mol. The highest BCUT2D eigenvalue weighted by Gasteiger charge is 2.40. The maximum absolute atomic E-state index is 13.7. The maximum Gasteiger partial charge on any atom is 0.530 e. The van der Waals surface area contributed by atoms with Crippen LogP contribution in [0.15, 0.2) is 52.2 Å². The zero-order valence-corrected chi connectivity index (χ0v) is 23.4. The first-order valence-electron chi connectivity index (χ1n) is 12.7. The number of carboxylic acid groups (broad SMARTS) is 1. The number of carbonyl (C=O) groups is 1. The topological polar surface area (TPSA) is 165 Å². The molecule has 0 bridgehead atoms. The van der Waals surface area contributed by atoms with Crippen LogP contribution in [0.3, 0.4) is 0 Å². The first-order chi connectivity index (χ1) is 18.6. The van der Waals surface area contributed by atoms with Gasteiger partial charge in [0.1, 0.15) is 18.1 Å². The Bertz CT molecular complexity index is 1220. The van der Waals surface area contributed by atoms with Gasteiger partial charge in [0.25, 0.3) is 5.56 Å². The summed E-state index contributed by atoms with van der Waals surface area (Å²) < 4.78 is 49.2. The molecule has 2 saturated heterocycles. The van der Waals surface area contributed by atoms with Crippen LogP contribution in [-0.2, 0) is 32.6 Å². The number of rotatable bonds is 11. The van der Waals surface area contributed by atoms with Crippen LogP contribution in [-0.4, -0.2) is 58.9 Å². The number of benzene rings is 1. The summed E-state index contributed by atoms with van der Waals surface area (Å²) in [6.45, 7) is 6.13. The number of hydrogen-bond acceptors (Lipinski definition) is 10. The molecule has 1 aromatic heterocycles. The van der Waals surface area contributed by atoms with Gasteiger partial charge in [0, 0.05) is 24.6 Å². The van der Waals surface area contributed by atoms with Crippen molar-refractivity contribution in [3.05, 3.63) is 63.4 Å². The summed E-state index contributed by atoms with van der Waals surface area (Å²) in [5, 5.41) is 7.72. The van der Waals surface area contributed by atoms with Gasteiger partial charge in [-0.3, -0.25) is 32.9 Å². The summed E-state index contributed by atoms with van der Waals surface area (Å²) in [6.07, 6.45) is 0.211. The van der Waals surface area contributed by atoms with Crippen molar-refractivity contribution in [3.8, 4) is 5.75 Å². The van der Waals surface area contributed by atoms with E-state index in [1.54, 1.807) is 37.3 Å². The van der Waals surface area contributed by atoms with Crippen molar-refractivity contribution in [2.45, 2.75) is 64.8 Å². The molecule has 1 unspecified atom stereocenters. The first-order valence-corrected chi connectivity index (χ1v) is 14.2. The van der Waals surface area contributed by atoms with Crippen molar-refractivity contribution in [1.29, 1.82) is 0 Å². The molecular formula is C25H36FN2O11P. The van der Waals surface area contributed by atoms with Gasteiger partial charge in [0.15, 0.2) is 6.29 Å². The van der Waals surface area contributed by atoms with Crippen LogP contribution in [0.25, 0.3) is 0 Å². The zero-order valence-electron chi connectivity index (χ0n) is 22.5. The number of aromatic amines is 1. The zero-order chi connectivity index (χ0) is 28.4. The number of aliphatic carboxylic acids is 1. The van der Waals surface area contributed by atoms with Gasteiger partial charge in [-0.05, 0) is 25.0 Å². The number of nitrogens with one attached hydrogen (secondary N) is 1. The fourth-order valence-corrected chi connectivity index (χ4v) is 5.40. The number of phosphoric acid groups is 1.